The number of nitro benzene ring substituents is 1. The summed E-state index contributed by atoms with van der Waals surface area (Å²) in [5, 5.41) is 14.0. The van der Waals surface area contributed by atoms with Crippen LogP contribution in [0, 0.1) is 10.1 Å². The lowest BCUT2D eigenvalue weighted by atomic mass is 10.1. The van der Waals surface area contributed by atoms with Gasteiger partial charge in [0.25, 0.3) is 11.6 Å². The highest BCUT2D eigenvalue weighted by Gasteiger charge is 2.33. The van der Waals surface area contributed by atoms with Crippen LogP contribution >= 0.6 is 27.5 Å². The van der Waals surface area contributed by atoms with Gasteiger partial charge in [-0.1, -0.05) is 39.7 Å². The molecule has 0 unspecified atom stereocenters. The van der Waals surface area contributed by atoms with E-state index in [1.807, 2.05) is 6.92 Å². The van der Waals surface area contributed by atoms with Crippen molar-refractivity contribution in [2.24, 2.45) is 0 Å². The number of urea groups is 1. The Morgan fingerprint density at radius 3 is 2.32 bits per heavy atom. The molecule has 3 aromatic rings. The van der Waals surface area contributed by atoms with E-state index in [0.717, 1.165) is 16.0 Å². The quantitative estimate of drug-likeness (QED) is 0.141. The second-order valence-corrected chi connectivity index (χ2v) is 9.26. The lowest BCUT2D eigenvalue weighted by molar-refractivity contribution is -0.384. The maximum atomic E-state index is 12.9. The molecule has 1 fully saturated rings. The van der Waals surface area contributed by atoms with Gasteiger partial charge in [0, 0.05) is 21.6 Å². The maximum Gasteiger partial charge on any atom is 0.329 e. The maximum absolute atomic E-state index is 12.9. The molecule has 1 aliphatic heterocycles. The molecule has 3 amide bonds. The smallest absolute Gasteiger partial charge is 0.329 e. The molecule has 37 heavy (non-hydrogen) atoms. The van der Waals surface area contributed by atoms with Crippen molar-refractivity contribution >= 4 is 51.2 Å². The van der Waals surface area contributed by atoms with Crippen molar-refractivity contribution in [3.05, 3.63) is 103 Å². The summed E-state index contributed by atoms with van der Waals surface area (Å²) in [4.78, 5) is 36.9. The Hall–Kier alpha value is -3.89. The van der Waals surface area contributed by atoms with Gasteiger partial charge in [0.05, 0.1) is 18.1 Å². The van der Waals surface area contributed by atoms with Gasteiger partial charge in [0.1, 0.15) is 12.3 Å². The van der Waals surface area contributed by atoms with Gasteiger partial charge in [-0.25, -0.2) is 4.79 Å². The summed E-state index contributed by atoms with van der Waals surface area (Å²) in [6.45, 7) is 2.48. The van der Waals surface area contributed by atoms with Crippen molar-refractivity contribution in [1.29, 1.82) is 0 Å². The minimum absolute atomic E-state index is 0.000766. The third kappa shape index (κ3) is 6.28. The number of imide groups is 1. The van der Waals surface area contributed by atoms with Crippen molar-refractivity contribution in [2.45, 2.75) is 20.1 Å². The van der Waals surface area contributed by atoms with E-state index >= 15 is 0 Å². The fourth-order valence-electron chi connectivity index (χ4n) is 3.56. The first-order chi connectivity index (χ1) is 17.7. The van der Waals surface area contributed by atoms with Crippen molar-refractivity contribution in [1.82, 2.24) is 10.2 Å². The van der Waals surface area contributed by atoms with Gasteiger partial charge < -0.3 is 14.8 Å². The SMILES string of the molecule is CCOc1cc(/C=C2\NC(=O)N(Cc3ccc(Cl)cc3)C2=O)c(Br)cc1OCc1ccc([N+](=O)[O-])cc1. The van der Waals surface area contributed by atoms with E-state index in [2.05, 4.69) is 21.2 Å². The highest BCUT2D eigenvalue weighted by atomic mass is 79.9. The number of hydrogen-bond acceptors (Lipinski definition) is 6. The number of nitrogens with zero attached hydrogens (tertiary/aromatic N) is 2. The minimum atomic E-state index is -0.518. The van der Waals surface area contributed by atoms with Gasteiger partial charge in [-0.05, 0) is 66.1 Å². The lowest BCUT2D eigenvalue weighted by Crippen LogP contribution is -2.30. The van der Waals surface area contributed by atoms with Crippen LogP contribution in [-0.4, -0.2) is 28.4 Å². The molecule has 3 aromatic carbocycles. The van der Waals surface area contributed by atoms with Crippen LogP contribution in [0.3, 0.4) is 0 Å². The zero-order chi connectivity index (χ0) is 26.5. The number of ether oxygens (including phenoxy) is 2. The van der Waals surface area contributed by atoms with Crippen molar-refractivity contribution < 1.29 is 24.0 Å². The Morgan fingerprint density at radius 2 is 1.68 bits per heavy atom. The highest BCUT2D eigenvalue weighted by molar-refractivity contribution is 9.10. The van der Waals surface area contributed by atoms with Gasteiger partial charge in [-0.3, -0.25) is 19.8 Å². The zero-order valence-electron chi connectivity index (χ0n) is 19.6. The lowest BCUT2D eigenvalue weighted by Gasteiger charge is -2.14. The van der Waals surface area contributed by atoms with Gasteiger partial charge in [-0.15, -0.1) is 0 Å². The fraction of sp³-hybridized carbons (Fsp3) is 0.154. The van der Waals surface area contributed by atoms with E-state index < -0.39 is 16.9 Å². The number of benzene rings is 3. The van der Waals surface area contributed by atoms with E-state index in [1.54, 1.807) is 54.6 Å². The Morgan fingerprint density at radius 1 is 1.03 bits per heavy atom. The summed E-state index contributed by atoms with van der Waals surface area (Å²) in [5.74, 6) is 0.429. The topological polar surface area (TPSA) is 111 Å². The molecule has 1 saturated heterocycles. The third-order valence-corrected chi connectivity index (χ3v) is 6.36. The average Bonchev–Trinajstić information content (AvgIpc) is 3.14. The Balaban J connectivity index is 1.53. The monoisotopic (exact) mass is 585 g/mol. The molecule has 0 bridgehead atoms. The molecule has 1 heterocycles. The van der Waals surface area contributed by atoms with E-state index in [0.29, 0.717) is 33.2 Å². The van der Waals surface area contributed by atoms with E-state index in [4.69, 9.17) is 21.1 Å². The highest BCUT2D eigenvalue weighted by Crippen LogP contribution is 2.36. The second kappa shape index (κ2) is 11.4. The van der Waals surface area contributed by atoms with E-state index in [9.17, 15) is 19.7 Å². The first-order valence-electron chi connectivity index (χ1n) is 11.2. The standard InChI is InChI=1S/C26H21BrClN3O6/c1-2-36-23-12-18(21(27)13-24(23)37-15-17-5-9-20(10-6-17)31(34)35)11-22-25(32)30(26(33)29-22)14-16-3-7-19(28)8-4-16/h3-13H,2,14-15H2,1H3,(H,29,33)/b22-11-. The predicted molar refractivity (Wildman–Crippen MR) is 141 cm³/mol. The van der Waals surface area contributed by atoms with Gasteiger partial charge in [0.15, 0.2) is 11.5 Å². The molecule has 4 rings (SSSR count). The number of nitro groups is 1. The molecule has 0 spiro atoms. The normalized spacial score (nSPS) is 14.1. The predicted octanol–water partition coefficient (Wildman–Crippen LogP) is 6.08. The number of rotatable bonds is 9. The molecule has 0 saturated carbocycles. The molecule has 1 N–H and O–H groups in total. The molecule has 11 heteroatoms. The number of nitrogens with one attached hydrogen (secondary N) is 1. The largest absolute Gasteiger partial charge is 0.490 e. The molecule has 1 aliphatic rings. The van der Waals surface area contributed by atoms with Gasteiger partial charge in [0.2, 0.25) is 0 Å². The summed E-state index contributed by atoms with van der Waals surface area (Å²) >= 11 is 9.41. The molecule has 0 aromatic heterocycles. The Bertz CT molecular complexity index is 1380. The molecule has 0 atom stereocenters. The molecular formula is C26H21BrClN3O6. The summed E-state index contributed by atoms with van der Waals surface area (Å²) in [7, 11) is 0. The summed E-state index contributed by atoms with van der Waals surface area (Å²) < 4.78 is 12.3. The van der Waals surface area contributed by atoms with Crippen LogP contribution in [0.1, 0.15) is 23.6 Å². The fourth-order valence-corrected chi connectivity index (χ4v) is 4.12. The summed E-state index contributed by atoms with van der Waals surface area (Å²) in [5.41, 5.74) is 2.24. The molecular weight excluding hydrogens is 566 g/mol. The van der Waals surface area contributed by atoms with Crippen LogP contribution in [0.15, 0.2) is 70.8 Å². The molecule has 0 aliphatic carbocycles. The molecule has 9 nitrogen and oxygen atoms in total. The molecule has 0 radical (unpaired) electrons. The van der Waals surface area contributed by atoms with Crippen LogP contribution in [0.5, 0.6) is 11.5 Å². The van der Waals surface area contributed by atoms with Crippen molar-refractivity contribution in [2.75, 3.05) is 6.61 Å². The van der Waals surface area contributed by atoms with Gasteiger partial charge >= 0.3 is 6.03 Å². The number of carbonyl (C=O) groups is 2. The Kier molecular flexibility index (Phi) is 8.10. The van der Waals surface area contributed by atoms with Crippen LogP contribution in [-0.2, 0) is 17.9 Å². The van der Waals surface area contributed by atoms with Crippen LogP contribution in [0.25, 0.3) is 6.08 Å². The average molecular weight is 587 g/mol. The first-order valence-corrected chi connectivity index (χ1v) is 12.3. The van der Waals surface area contributed by atoms with Crippen molar-refractivity contribution in [3.63, 3.8) is 0 Å². The molecule has 190 valence electrons. The number of amides is 3. The van der Waals surface area contributed by atoms with E-state index in [1.165, 1.54) is 12.1 Å². The minimum Gasteiger partial charge on any atom is -0.490 e. The number of carbonyl (C=O) groups excluding carboxylic acids is 2. The third-order valence-electron chi connectivity index (χ3n) is 5.42. The van der Waals surface area contributed by atoms with Crippen LogP contribution in [0.2, 0.25) is 5.02 Å². The Labute approximate surface area is 225 Å². The van der Waals surface area contributed by atoms with Crippen LogP contribution in [0.4, 0.5) is 10.5 Å². The van der Waals surface area contributed by atoms with Gasteiger partial charge in [-0.2, -0.15) is 0 Å². The van der Waals surface area contributed by atoms with Crippen LogP contribution < -0.4 is 14.8 Å². The zero-order valence-corrected chi connectivity index (χ0v) is 21.9. The second-order valence-electron chi connectivity index (χ2n) is 7.97. The van der Waals surface area contributed by atoms with Crippen molar-refractivity contribution in [3.8, 4) is 11.5 Å². The first kappa shape index (κ1) is 26.2. The number of halogens is 2. The summed E-state index contributed by atoms with van der Waals surface area (Å²) in [6.07, 6.45) is 1.56. The van der Waals surface area contributed by atoms with E-state index in [-0.39, 0.29) is 24.5 Å². The number of non-ortho nitro benzene ring substituents is 1. The summed E-state index contributed by atoms with van der Waals surface area (Å²) in [6, 6.07) is 15.9. The number of hydrogen-bond donors (Lipinski definition) is 1.